The van der Waals surface area contributed by atoms with Gasteiger partial charge >= 0.3 is 6.09 Å². The third-order valence-corrected chi connectivity index (χ3v) is 3.76. The molecular formula is C24H18F2N2O2. The van der Waals surface area contributed by atoms with Gasteiger partial charge < -0.3 is 10.1 Å². The Hall–Kier alpha value is -4.16. The number of pyridine rings is 1. The summed E-state index contributed by atoms with van der Waals surface area (Å²) in [4.78, 5) is 15.2. The number of nitrogens with one attached hydrogen (secondary N) is 1. The standard InChI is InChI=1S/C16H12N2O2.C6H4F2.C2H2/c19-16-18-15(11-20-16)14-8-13(9-17-10-14)7-6-12-4-2-1-3-5-12;7-5-1-2-6(8)4-3-5;1-2/h1-5,8-10,15H,11H2,(H,18,19);1-4H;1-2H/t15-;;/m0../s1. The summed E-state index contributed by atoms with van der Waals surface area (Å²) in [5, 5.41) is 2.72. The fraction of sp³-hybridized carbons (Fsp3) is 0.0833. The van der Waals surface area contributed by atoms with E-state index in [9.17, 15) is 13.6 Å². The van der Waals surface area contributed by atoms with Crippen molar-refractivity contribution < 1.29 is 18.3 Å². The lowest BCUT2D eigenvalue weighted by Crippen LogP contribution is -2.18. The summed E-state index contributed by atoms with van der Waals surface area (Å²) in [5.74, 6) is 5.33. The van der Waals surface area contributed by atoms with E-state index in [1.807, 2.05) is 36.4 Å². The van der Waals surface area contributed by atoms with Gasteiger partial charge in [-0.2, -0.15) is 0 Å². The van der Waals surface area contributed by atoms with Crippen molar-refractivity contribution in [3.8, 4) is 24.7 Å². The number of benzene rings is 2. The quantitative estimate of drug-likeness (QED) is 0.609. The Balaban J connectivity index is 0.000000269. The summed E-state index contributed by atoms with van der Waals surface area (Å²) in [7, 11) is 0. The highest BCUT2D eigenvalue weighted by molar-refractivity contribution is 5.70. The van der Waals surface area contributed by atoms with Gasteiger partial charge in [0.25, 0.3) is 0 Å². The van der Waals surface area contributed by atoms with Crippen LogP contribution in [-0.2, 0) is 4.74 Å². The van der Waals surface area contributed by atoms with Crippen molar-refractivity contribution in [2.45, 2.75) is 6.04 Å². The van der Waals surface area contributed by atoms with Crippen LogP contribution in [0.4, 0.5) is 13.6 Å². The summed E-state index contributed by atoms with van der Waals surface area (Å²) in [6, 6.07) is 15.8. The first-order chi connectivity index (χ1) is 14.6. The van der Waals surface area contributed by atoms with Crippen LogP contribution in [-0.4, -0.2) is 17.7 Å². The van der Waals surface area contributed by atoms with E-state index < -0.39 is 17.7 Å². The molecule has 2 heterocycles. The van der Waals surface area contributed by atoms with E-state index >= 15 is 0 Å². The normalized spacial score (nSPS) is 13.7. The average Bonchev–Trinajstić information content (AvgIpc) is 3.23. The number of ether oxygens (including phenoxy) is 1. The van der Waals surface area contributed by atoms with Gasteiger partial charge in [0.15, 0.2) is 0 Å². The predicted octanol–water partition coefficient (Wildman–Crippen LogP) is 4.48. The number of hydrogen-bond donors (Lipinski definition) is 1. The van der Waals surface area contributed by atoms with E-state index in [2.05, 4.69) is 35.0 Å². The van der Waals surface area contributed by atoms with E-state index in [0.717, 1.165) is 41.0 Å². The molecule has 0 spiro atoms. The van der Waals surface area contributed by atoms with Crippen LogP contribution in [0, 0.1) is 36.3 Å². The van der Waals surface area contributed by atoms with Crippen molar-refractivity contribution in [2.24, 2.45) is 0 Å². The SMILES string of the molecule is C#C.Fc1ccc(F)cc1.O=C1N[C@H](c2cncc(C#Cc3ccccc3)c2)CO1. The molecular weight excluding hydrogens is 386 g/mol. The molecule has 1 aliphatic rings. The average molecular weight is 404 g/mol. The largest absolute Gasteiger partial charge is 0.447 e. The maximum absolute atomic E-state index is 11.9. The van der Waals surface area contributed by atoms with Gasteiger partial charge in [0.05, 0.1) is 6.04 Å². The van der Waals surface area contributed by atoms with Crippen molar-refractivity contribution in [1.82, 2.24) is 10.3 Å². The molecule has 0 saturated carbocycles. The number of halogens is 2. The van der Waals surface area contributed by atoms with Crippen LogP contribution in [0.2, 0.25) is 0 Å². The topological polar surface area (TPSA) is 51.2 Å². The van der Waals surface area contributed by atoms with Gasteiger partial charge in [0.1, 0.15) is 18.2 Å². The number of aromatic nitrogens is 1. The summed E-state index contributed by atoms with van der Waals surface area (Å²) in [5.41, 5.74) is 2.67. The maximum atomic E-state index is 11.9. The van der Waals surface area contributed by atoms with Crippen LogP contribution >= 0.6 is 0 Å². The molecule has 1 aromatic heterocycles. The van der Waals surface area contributed by atoms with Gasteiger partial charge in [-0.1, -0.05) is 30.0 Å². The van der Waals surface area contributed by atoms with Gasteiger partial charge in [-0.05, 0) is 48.0 Å². The van der Waals surface area contributed by atoms with E-state index in [4.69, 9.17) is 4.74 Å². The van der Waals surface area contributed by atoms with E-state index in [1.54, 1.807) is 12.4 Å². The first-order valence-corrected chi connectivity index (χ1v) is 8.80. The van der Waals surface area contributed by atoms with Crippen molar-refractivity contribution >= 4 is 6.09 Å². The molecule has 30 heavy (non-hydrogen) atoms. The zero-order valence-corrected chi connectivity index (χ0v) is 15.9. The minimum absolute atomic E-state index is 0.145. The number of carbonyl (C=O) groups excluding carboxylic acids is 1. The van der Waals surface area contributed by atoms with Crippen LogP contribution in [0.5, 0.6) is 0 Å². The Kier molecular flexibility index (Phi) is 8.58. The second kappa shape index (κ2) is 11.6. The lowest BCUT2D eigenvalue weighted by molar-refractivity contribution is 0.177. The van der Waals surface area contributed by atoms with Crippen molar-refractivity contribution in [2.75, 3.05) is 6.61 Å². The molecule has 0 unspecified atom stereocenters. The van der Waals surface area contributed by atoms with Gasteiger partial charge in [0.2, 0.25) is 0 Å². The Bertz CT molecular complexity index is 1020. The molecule has 4 rings (SSSR count). The molecule has 0 radical (unpaired) electrons. The predicted molar refractivity (Wildman–Crippen MR) is 110 cm³/mol. The van der Waals surface area contributed by atoms with Crippen LogP contribution in [0.15, 0.2) is 73.1 Å². The van der Waals surface area contributed by atoms with E-state index in [0.29, 0.717) is 6.61 Å². The molecule has 1 aliphatic heterocycles. The van der Waals surface area contributed by atoms with Crippen LogP contribution < -0.4 is 5.32 Å². The van der Waals surface area contributed by atoms with Crippen molar-refractivity contribution in [1.29, 1.82) is 0 Å². The molecule has 3 aromatic rings. The molecule has 1 N–H and O–H groups in total. The van der Waals surface area contributed by atoms with Gasteiger partial charge in [-0.15, -0.1) is 12.8 Å². The van der Waals surface area contributed by atoms with E-state index in [-0.39, 0.29) is 6.04 Å². The molecule has 0 bridgehead atoms. The lowest BCUT2D eigenvalue weighted by atomic mass is 10.1. The second-order valence-corrected chi connectivity index (χ2v) is 5.85. The first-order valence-electron chi connectivity index (χ1n) is 8.80. The Morgan fingerprint density at radius 1 is 0.933 bits per heavy atom. The first kappa shape index (κ1) is 22.1. The number of amides is 1. The zero-order valence-electron chi connectivity index (χ0n) is 15.9. The van der Waals surface area contributed by atoms with Gasteiger partial charge in [-0.25, -0.2) is 13.6 Å². The molecule has 2 aromatic carbocycles. The number of rotatable bonds is 1. The van der Waals surface area contributed by atoms with Crippen LogP contribution in [0.1, 0.15) is 22.7 Å². The molecule has 0 aliphatic carbocycles. The second-order valence-electron chi connectivity index (χ2n) is 5.85. The molecule has 4 nitrogen and oxygen atoms in total. The Morgan fingerprint density at radius 2 is 1.53 bits per heavy atom. The van der Waals surface area contributed by atoms with Gasteiger partial charge in [-0.3, -0.25) is 4.98 Å². The lowest BCUT2D eigenvalue weighted by Gasteiger charge is -2.06. The summed E-state index contributed by atoms with van der Waals surface area (Å²) < 4.78 is 28.7. The minimum atomic E-state index is -0.411. The summed E-state index contributed by atoms with van der Waals surface area (Å²) in [6.07, 6.45) is 11.0. The highest BCUT2D eigenvalue weighted by Gasteiger charge is 2.23. The van der Waals surface area contributed by atoms with Gasteiger partial charge in [0, 0.05) is 23.5 Å². The number of terminal acetylenes is 1. The van der Waals surface area contributed by atoms with Crippen molar-refractivity contribution in [3.63, 3.8) is 0 Å². The third-order valence-electron chi connectivity index (χ3n) is 3.76. The highest BCUT2D eigenvalue weighted by atomic mass is 19.1. The number of alkyl carbamates (subject to hydrolysis) is 1. The minimum Gasteiger partial charge on any atom is -0.447 e. The zero-order chi connectivity index (χ0) is 21.8. The number of nitrogens with zero attached hydrogens (tertiary/aromatic N) is 1. The van der Waals surface area contributed by atoms with E-state index in [1.165, 1.54) is 0 Å². The number of carbonyl (C=O) groups is 1. The van der Waals surface area contributed by atoms with Crippen LogP contribution in [0.3, 0.4) is 0 Å². The number of cyclic esters (lactones) is 1. The summed E-state index contributed by atoms with van der Waals surface area (Å²) >= 11 is 0. The van der Waals surface area contributed by atoms with Crippen LogP contribution in [0.25, 0.3) is 0 Å². The molecule has 1 saturated heterocycles. The van der Waals surface area contributed by atoms with Crippen molar-refractivity contribution in [3.05, 3.63) is 101 Å². The number of hydrogen-bond acceptors (Lipinski definition) is 3. The molecule has 6 heteroatoms. The molecule has 1 amide bonds. The fourth-order valence-corrected chi connectivity index (χ4v) is 2.38. The smallest absolute Gasteiger partial charge is 0.407 e. The molecule has 1 fully saturated rings. The Morgan fingerprint density at radius 3 is 2.10 bits per heavy atom. The summed E-state index contributed by atoms with van der Waals surface area (Å²) in [6.45, 7) is 0.329. The highest BCUT2D eigenvalue weighted by Crippen LogP contribution is 2.17. The Labute approximate surface area is 173 Å². The molecule has 150 valence electrons. The molecule has 1 atom stereocenters. The third kappa shape index (κ3) is 7.10. The maximum Gasteiger partial charge on any atom is 0.407 e. The fourth-order valence-electron chi connectivity index (χ4n) is 2.38. The monoisotopic (exact) mass is 404 g/mol.